The highest BCUT2D eigenvalue weighted by Crippen LogP contribution is 2.27. The number of hydrogen-bond donors (Lipinski definition) is 1. The second kappa shape index (κ2) is 11.0. The molecule has 1 saturated heterocycles. The summed E-state index contributed by atoms with van der Waals surface area (Å²) in [5.41, 5.74) is 0.511. The lowest BCUT2D eigenvalue weighted by Crippen LogP contribution is -2.37. The van der Waals surface area contributed by atoms with E-state index < -0.39 is 21.7 Å². The number of hydrogen-bond acceptors (Lipinski definition) is 7. The van der Waals surface area contributed by atoms with Crippen LogP contribution in [0.2, 0.25) is 0 Å². The van der Waals surface area contributed by atoms with Crippen molar-refractivity contribution >= 4 is 21.8 Å². The van der Waals surface area contributed by atoms with E-state index in [4.69, 9.17) is 14.2 Å². The Hall–Kier alpha value is -2.04. The molecule has 0 spiro atoms. The molecule has 31 heavy (non-hydrogen) atoms. The standard InChI is InChI=1S/C21H35N3O6S/c1-21(2,3)30-20(25)23(4)16-17-7-8-19(28-5)18(15-17)22-31(26,27)14-6-9-24-10-12-29-13-11-24/h7-8,15,22H,6,9-14,16H2,1-5H3. The monoisotopic (exact) mass is 457 g/mol. The Kier molecular flexibility index (Phi) is 8.96. The van der Waals surface area contributed by atoms with Crippen LogP contribution in [0.1, 0.15) is 32.8 Å². The quantitative estimate of drug-likeness (QED) is 0.608. The van der Waals surface area contributed by atoms with Crippen molar-refractivity contribution in [1.82, 2.24) is 9.80 Å². The van der Waals surface area contributed by atoms with Gasteiger partial charge in [0, 0.05) is 26.7 Å². The molecule has 1 fully saturated rings. The molecule has 1 heterocycles. The van der Waals surface area contributed by atoms with Gasteiger partial charge in [-0.25, -0.2) is 13.2 Å². The van der Waals surface area contributed by atoms with Gasteiger partial charge in [0.25, 0.3) is 0 Å². The van der Waals surface area contributed by atoms with Crippen molar-refractivity contribution < 1.29 is 27.4 Å². The zero-order valence-electron chi connectivity index (χ0n) is 19.1. The highest BCUT2D eigenvalue weighted by atomic mass is 32.2. The number of benzene rings is 1. The summed E-state index contributed by atoms with van der Waals surface area (Å²) >= 11 is 0. The first kappa shape index (κ1) is 25.2. The van der Waals surface area contributed by atoms with Crippen LogP contribution >= 0.6 is 0 Å². The molecule has 1 aliphatic heterocycles. The Bertz CT molecular complexity index is 832. The van der Waals surface area contributed by atoms with Gasteiger partial charge in [-0.05, 0) is 51.4 Å². The van der Waals surface area contributed by atoms with E-state index in [-0.39, 0.29) is 12.3 Å². The Morgan fingerprint density at radius 1 is 1.26 bits per heavy atom. The Morgan fingerprint density at radius 2 is 1.94 bits per heavy atom. The number of anilines is 1. The zero-order chi connectivity index (χ0) is 23.1. The predicted octanol–water partition coefficient (Wildman–Crippen LogP) is 2.53. The van der Waals surface area contributed by atoms with Crippen molar-refractivity contribution in [2.75, 3.05) is 57.5 Å². The Balaban J connectivity index is 1.99. The maximum atomic E-state index is 12.6. The number of methoxy groups -OCH3 is 1. The molecule has 1 amide bonds. The summed E-state index contributed by atoms with van der Waals surface area (Å²) in [4.78, 5) is 15.8. The number of nitrogens with one attached hydrogen (secondary N) is 1. The van der Waals surface area contributed by atoms with Crippen LogP contribution in [-0.2, 0) is 26.0 Å². The van der Waals surface area contributed by atoms with E-state index in [0.717, 1.165) is 18.7 Å². The lowest BCUT2D eigenvalue weighted by molar-refractivity contribution is 0.0285. The molecule has 2 rings (SSSR count). The van der Waals surface area contributed by atoms with Crippen LogP contribution in [0.3, 0.4) is 0 Å². The van der Waals surface area contributed by atoms with E-state index in [2.05, 4.69) is 9.62 Å². The topological polar surface area (TPSA) is 97.4 Å². The number of carbonyl (C=O) groups excluding carboxylic acids is 1. The van der Waals surface area contributed by atoms with Crippen LogP contribution in [0, 0.1) is 0 Å². The molecule has 176 valence electrons. The number of rotatable bonds is 9. The SMILES string of the molecule is COc1ccc(CN(C)C(=O)OC(C)(C)C)cc1NS(=O)(=O)CCCN1CCOCC1. The van der Waals surface area contributed by atoms with Crippen LogP contribution in [0.25, 0.3) is 0 Å². The largest absolute Gasteiger partial charge is 0.495 e. The zero-order valence-corrected chi connectivity index (χ0v) is 20.0. The summed E-state index contributed by atoms with van der Waals surface area (Å²) in [6, 6.07) is 5.15. The third-order valence-electron chi connectivity index (χ3n) is 4.65. The summed E-state index contributed by atoms with van der Waals surface area (Å²) in [5, 5.41) is 0. The fourth-order valence-corrected chi connectivity index (χ4v) is 4.24. The molecule has 0 saturated carbocycles. The van der Waals surface area contributed by atoms with Gasteiger partial charge in [-0.3, -0.25) is 9.62 Å². The lowest BCUT2D eigenvalue weighted by atomic mass is 10.2. The minimum atomic E-state index is -3.55. The lowest BCUT2D eigenvalue weighted by Gasteiger charge is -2.26. The highest BCUT2D eigenvalue weighted by molar-refractivity contribution is 7.92. The molecule has 0 unspecified atom stereocenters. The van der Waals surface area contributed by atoms with Crippen molar-refractivity contribution in [1.29, 1.82) is 0 Å². The number of amides is 1. The van der Waals surface area contributed by atoms with Gasteiger partial charge in [0.2, 0.25) is 10.0 Å². The molecule has 1 aromatic carbocycles. The maximum Gasteiger partial charge on any atom is 0.410 e. The van der Waals surface area contributed by atoms with E-state index in [9.17, 15) is 13.2 Å². The Morgan fingerprint density at radius 3 is 2.55 bits per heavy atom. The van der Waals surface area contributed by atoms with E-state index in [1.165, 1.54) is 12.0 Å². The number of nitrogens with zero attached hydrogens (tertiary/aromatic N) is 2. The van der Waals surface area contributed by atoms with Crippen LogP contribution < -0.4 is 9.46 Å². The molecule has 0 aromatic heterocycles. The Labute approximate surface area is 185 Å². The normalized spacial score (nSPS) is 15.4. The van der Waals surface area contributed by atoms with Crippen LogP contribution in [0.4, 0.5) is 10.5 Å². The minimum Gasteiger partial charge on any atom is -0.495 e. The molecule has 10 heteroatoms. The molecule has 0 radical (unpaired) electrons. The van der Waals surface area contributed by atoms with E-state index >= 15 is 0 Å². The van der Waals surface area contributed by atoms with Crippen molar-refractivity contribution in [2.24, 2.45) is 0 Å². The molecule has 0 bridgehead atoms. The minimum absolute atomic E-state index is 0.00947. The van der Waals surface area contributed by atoms with Gasteiger partial charge < -0.3 is 19.1 Å². The van der Waals surface area contributed by atoms with Gasteiger partial charge in [0.15, 0.2) is 0 Å². The maximum absolute atomic E-state index is 12.6. The fourth-order valence-electron chi connectivity index (χ4n) is 3.13. The van der Waals surface area contributed by atoms with Crippen molar-refractivity contribution in [2.45, 2.75) is 39.3 Å². The van der Waals surface area contributed by atoms with E-state index in [1.807, 2.05) is 0 Å². The number of sulfonamides is 1. The second-order valence-electron chi connectivity index (χ2n) is 8.60. The van der Waals surface area contributed by atoms with E-state index in [0.29, 0.717) is 37.6 Å². The molecular weight excluding hydrogens is 422 g/mol. The third-order valence-corrected chi connectivity index (χ3v) is 6.00. The summed E-state index contributed by atoms with van der Waals surface area (Å²) in [5.74, 6) is 0.427. The first-order valence-corrected chi connectivity index (χ1v) is 12.1. The summed E-state index contributed by atoms with van der Waals surface area (Å²) in [6.45, 7) is 9.42. The van der Waals surface area contributed by atoms with Gasteiger partial charge >= 0.3 is 6.09 Å². The summed E-state index contributed by atoms with van der Waals surface area (Å²) in [6.07, 6.45) is 0.0761. The molecular formula is C21H35N3O6S. The average Bonchev–Trinajstić information content (AvgIpc) is 2.67. The van der Waals surface area contributed by atoms with Crippen LogP contribution in [-0.4, -0.2) is 82.7 Å². The van der Waals surface area contributed by atoms with Gasteiger partial charge in [-0.1, -0.05) is 6.07 Å². The van der Waals surface area contributed by atoms with E-state index in [1.54, 1.807) is 46.0 Å². The smallest absolute Gasteiger partial charge is 0.410 e. The first-order chi connectivity index (χ1) is 14.5. The summed E-state index contributed by atoms with van der Waals surface area (Å²) < 4.78 is 43.8. The molecule has 0 aliphatic carbocycles. The van der Waals surface area contributed by atoms with Crippen LogP contribution in [0.5, 0.6) is 5.75 Å². The molecule has 0 atom stereocenters. The van der Waals surface area contributed by atoms with Crippen LogP contribution in [0.15, 0.2) is 18.2 Å². The number of morpholine rings is 1. The average molecular weight is 458 g/mol. The van der Waals surface area contributed by atoms with Crippen molar-refractivity contribution in [3.05, 3.63) is 23.8 Å². The van der Waals surface area contributed by atoms with Crippen molar-refractivity contribution in [3.8, 4) is 5.75 Å². The molecule has 9 nitrogen and oxygen atoms in total. The first-order valence-electron chi connectivity index (χ1n) is 10.4. The summed E-state index contributed by atoms with van der Waals surface area (Å²) in [7, 11) is -0.430. The highest BCUT2D eigenvalue weighted by Gasteiger charge is 2.21. The van der Waals surface area contributed by atoms with Gasteiger partial charge in [0.05, 0.1) is 31.8 Å². The van der Waals surface area contributed by atoms with Gasteiger partial charge in [-0.2, -0.15) is 0 Å². The van der Waals surface area contributed by atoms with Gasteiger partial charge in [-0.15, -0.1) is 0 Å². The fraction of sp³-hybridized carbons (Fsp3) is 0.667. The predicted molar refractivity (Wildman–Crippen MR) is 120 cm³/mol. The number of carbonyl (C=O) groups is 1. The van der Waals surface area contributed by atoms with Gasteiger partial charge in [0.1, 0.15) is 11.4 Å². The second-order valence-corrected chi connectivity index (χ2v) is 10.4. The third kappa shape index (κ3) is 8.92. The van der Waals surface area contributed by atoms with Crippen molar-refractivity contribution in [3.63, 3.8) is 0 Å². The molecule has 1 N–H and O–H groups in total. The molecule has 1 aliphatic rings. The molecule has 1 aromatic rings. The number of ether oxygens (including phenoxy) is 3.